The van der Waals surface area contributed by atoms with Crippen LogP contribution in [-0.4, -0.2) is 11.9 Å². The normalized spacial score (nSPS) is 12.1. The monoisotopic (exact) mass is 321 g/mol. The number of fused-ring (bicyclic) bond motifs is 1. The molecule has 0 aliphatic carbocycles. The highest BCUT2D eigenvalue weighted by molar-refractivity contribution is 6.07. The van der Waals surface area contributed by atoms with Crippen LogP contribution in [-0.2, 0) is 0 Å². The van der Waals surface area contributed by atoms with E-state index < -0.39 is 5.63 Å². The van der Waals surface area contributed by atoms with Crippen LogP contribution in [0.25, 0.3) is 21.9 Å². The minimum absolute atomic E-state index is 0.00195. The minimum atomic E-state index is -0.500. The molecule has 1 atom stereocenters. The highest BCUT2D eigenvalue weighted by Crippen LogP contribution is 2.30. The maximum atomic E-state index is 12.7. The Hall–Kier alpha value is -2.88. The fraction of sp³-hybridized carbons (Fsp3) is 0.200. The van der Waals surface area contributed by atoms with E-state index in [-0.39, 0.29) is 17.7 Å². The van der Waals surface area contributed by atoms with E-state index in [1.54, 1.807) is 12.1 Å². The lowest BCUT2D eigenvalue weighted by Gasteiger charge is -2.14. The van der Waals surface area contributed by atoms with Crippen molar-refractivity contribution in [1.29, 1.82) is 0 Å². The van der Waals surface area contributed by atoms with Crippen molar-refractivity contribution in [2.75, 3.05) is 0 Å². The van der Waals surface area contributed by atoms with Crippen LogP contribution in [0.4, 0.5) is 0 Å². The van der Waals surface area contributed by atoms with E-state index in [0.29, 0.717) is 16.3 Å². The molecular weight excluding hydrogens is 302 g/mol. The molecule has 2 aromatic carbocycles. The summed E-state index contributed by atoms with van der Waals surface area (Å²) in [6.45, 7) is 3.90. The SMILES string of the molecule is CCC(C)NC(=O)c1oc(=O)c2ccccc2c1-c1ccccc1. The van der Waals surface area contributed by atoms with Gasteiger partial charge in [-0.05, 0) is 25.0 Å². The van der Waals surface area contributed by atoms with Crippen molar-refractivity contribution in [3.8, 4) is 11.1 Å². The van der Waals surface area contributed by atoms with E-state index in [2.05, 4.69) is 5.32 Å². The number of carbonyl (C=O) groups is 1. The van der Waals surface area contributed by atoms with Crippen molar-refractivity contribution < 1.29 is 9.21 Å². The Balaban J connectivity index is 2.28. The molecule has 3 aromatic rings. The first-order chi connectivity index (χ1) is 11.6. The molecule has 0 spiro atoms. The van der Waals surface area contributed by atoms with Crippen molar-refractivity contribution in [1.82, 2.24) is 5.32 Å². The number of nitrogens with one attached hydrogen (secondary N) is 1. The third-order valence-electron chi connectivity index (χ3n) is 4.10. The fourth-order valence-corrected chi connectivity index (χ4v) is 2.64. The summed E-state index contributed by atoms with van der Waals surface area (Å²) in [6, 6.07) is 16.7. The molecule has 0 fully saturated rings. The summed E-state index contributed by atoms with van der Waals surface area (Å²) in [7, 11) is 0. The maximum absolute atomic E-state index is 12.7. The average Bonchev–Trinajstić information content (AvgIpc) is 2.62. The summed E-state index contributed by atoms with van der Waals surface area (Å²) in [5.41, 5.74) is 0.984. The molecule has 0 aliphatic rings. The van der Waals surface area contributed by atoms with Crippen LogP contribution < -0.4 is 10.9 Å². The molecular formula is C20H19NO3. The van der Waals surface area contributed by atoms with E-state index in [1.807, 2.05) is 56.3 Å². The maximum Gasteiger partial charge on any atom is 0.344 e. The molecule has 1 amide bonds. The van der Waals surface area contributed by atoms with Gasteiger partial charge in [-0.2, -0.15) is 0 Å². The molecule has 122 valence electrons. The minimum Gasteiger partial charge on any atom is -0.416 e. The summed E-state index contributed by atoms with van der Waals surface area (Å²) >= 11 is 0. The summed E-state index contributed by atoms with van der Waals surface area (Å²) in [5, 5.41) is 4.06. The predicted molar refractivity (Wildman–Crippen MR) is 95.1 cm³/mol. The molecule has 0 aliphatic heterocycles. The summed E-state index contributed by atoms with van der Waals surface area (Å²) in [5.74, 6) is -0.309. The predicted octanol–water partition coefficient (Wildman–Crippen LogP) is 3.99. The van der Waals surface area contributed by atoms with Crippen LogP contribution in [0.1, 0.15) is 30.8 Å². The van der Waals surface area contributed by atoms with E-state index >= 15 is 0 Å². The zero-order chi connectivity index (χ0) is 17.1. The molecule has 4 heteroatoms. The highest BCUT2D eigenvalue weighted by atomic mass is 16.4. The van der Waals surface area contributed by atoms with Crippen LogP contribution >= 0.6 is 0 Å². The zero-order valence-electron chi connectivity index (χ0n) is 13.7. The molecule has 0 bridgehead atoms. The number of benzene rings is 2. The molecule has 24 heavy (non-hydrogen) atoms. The second kappa shape index (κ2) is 6.71. The Morgan fingerprint density at radius 1 is 1.04 bits per heavy atom. The van der Waals surface area contributed by atoms with Crippen LogP contribution in [0.2, 0.25) is 0 Å². The molecule has 3 rings (SSSR count). The highest BCUT2D eigenvalue weighted by Gasteiger charge is 2.21. The molecule has 1 heterocycles. The lowest BCUT2D eigenvalue weighted by molar-refractivity contribution is 0.0908. The van der Waals surface area contributed by atoms with Gasteiger partial charge in [0.1, 0.15) is 0 Å². The van der Waals surface area contributed by atoms with Gasteiger partial charge in [0.15, 0.2) is 0 Å². The zero-order valence-corrected chi connectivity index (χ0v) is 13.7. The number of hydrogen-bond acceptors (Lipinski definition) is 3. The van der Waals surface area contributed by atoms with Gasteiger partial charge in [-0.25, -0.2) is 4.79 Å². The van der Waals surface area contributed by atoms with Gasteiger partial charge in [0.2, 0.25) is 5.76 Å². The molecule has 1 unspecified atom stereocenters. The van der Waals surface area contributed by atoms with Gasteiger partial charge in [0.25, 0.3) is 5.91 Å². The Morgan fingerprint density at radius 2 is 1.67 bits per heavy atom. The van der Waals surface area contributed by atoms with E-state index in [0.717, 1.165) is 12.0 Å². The second-order valence-electron chi connectivity index (χ2n) is 5.79. The first kappa shape index (κ1) is 16.0. The summed E-state index contributed by atoms with van der Waals surface area (Å²) in [4.78, 5) is 25.0. The number of carbonyl (C=O) groups excluding carboxylic acids is 1. The Kier molecular flexibility index (Phi) is 4.47. The molecule has 0 saturated heterocycles. The molecule has 0 saturated carbocycles. The smallest absolute Gasteiger partial charge is 0.344 e. The quantitative estimate of drug-likeness (QED) is 0.790. The molecule has 1 N–H and O–H groups in total. The first-order valence-electron chi connectivity index (χ1n) is 8.04. The van der Waals surface area contributed by atoms with Gasteiger partial charge in [-0.1, -0.05) is 55.5 Å². The van der Waals surface area contributed by atoms with Gasteiger partial charge in [0.05, 0.1) is 5.39 Å². The average molecular weight is 321 g/mol. The Morgan fingerprint density at radius 3 is 2.33 bits per heavy atom. The molecule has 1 aromatic heterocycles. The van der Waals surface area contributed by atoms with Crippen molar-refractivity contribution in [2.24, 2.45) is 0 Å². The standard InChI is InChI=1S/C20H19NO3/c1-3-13(2)21-19(22)18-17(14-9-5-4-6-10-14)15-11-7-8-12-16(15)20(23)24-18/h4-13H,3H2,1-2H3,(H,21,22). The third-order valence-corrected chi connectivity index (χ3v) is 4.10. The van der Waals surface area contributed by atoms with E-state index in [4.69, 9.17) is 4.42 Å². The van der Waals surface area contributed by atoms with E-state index in [1.165, 1.54) is 0 Å². The van der Waals surface area contributed by atoms with Crippen molar-refractivity contribution in [2.45, 2.75) is 26.3 Å². The van der Waals surface area contributed by atoms with Crippen LogP contribution in [0.3, 0.4) is 0 Å². The van der Waals surface area contributed by atoms with Crippen LogP contribution in [0.5, 0.6) is 0 Å². The van der Waals surface area contributed by atoms with Crippen LogP contribution in [0, 0.1) is 0 Å². The van der Waals surface area contributed by atoms with Crippen molar-refractivity contribution >= 4 is 16.7 Å². The lowest BCUT2D eigenvalue weighted by atomic mass is 9.98. The third kappa shape index (κ3) is 2.95. The second-order valence-corrected chi connectivity index (χ2v) is 5.79. The fourth-order valence-electron chi connectivity index (χ4n) is 2.64. The molecule has 4 nitrogen and oxygen atoms in total. The number of hydrogen-bond donors (Lipinski definition) is 1. The number of amides is 1. The van der Waals surface area contributed by atoms with Gasteiger partial charge in [-0.15, -0.1) is 0 Å². The topological polar surface area (TPSA) is 59.3 Å². The lowest BCUT2D eigenvalue weighted by Crippen LogP contribution is -2.32. The first-order valence-corrected chi connectivity index (χ1v) is 8.04. The largest absolute Gasteiger partial charge is 0.416 e. The summed E-state index contributed by atoms with van der Waals surface area (Å²) < 4.78 is 5.42. The Bertz CT molecular complexity index is 929. The van der Waals surface area contributed by atoms with Gasteiger partial charge in [-0.3, -0.25) is 4.79 Å². The van der Waals surface area contributed by atoms with Crippen molar-refractivity contribution in [3.63, 3.8) is 0 Å². The number of rotatable bonds is 4. The molecule has 0 radical (unpaired) electrons. The summed E-state index contributed by atoms with van der Waals surface area (Å²) in [6.07, 6.45) is 0.796. The van der Waals surface area contributed by atoms with Gasteiger partial charge in [0, 0.05) is 17.0 Å². The van der Waals surface area contributed by atoms with Gasteiger partial charge >= 0.3 is 5.63 Å². The van der Waals surface area contributed by atoms with Gasteiger partial charge < -0.3 is 9.73 Å². The Labute approximate surface area is 140 Å². The van der Waals surface area contributed by atoms with Crippen molar-refractivity contribution in [3.05, 3.63) is 70.8 Å². The van der Waals surface area contributed by atoms with E-state index in [9.17, 15) is 9.59 Å². The van der Waals surface area contributed by atoms with Crippen LogP contribution in [0.15, 0.2) is 63.8 Å².